The van der Waals surface area contributed by atoms with Gasteiger partial charge >= 0.3 is 11.9 Å². The molecule has 0 aromatic carbocycles. The number of carboxylic acid groups (broad SMARTS) is 1. The van der Waals surface area contributed by atoms with Gasteiger partial charge in [0.05, 0.1) is 13.0 Å². The van der Waals surface area contributed by atoms with E-state index in [1.165, 1.54) is 0 Å². The Kier molecular flexibility index (Phi) is 12.0. The lowest BCUT2D eigenvalue weighted by atomic mass is 10.5. The molecule has 0 heterocycles. The summed E-state index contributed by atoms with van der Waals surface area (Å²) in [5.74, 6) is -1.40. The van der Waals surface area contributed by atoms with Crippen LogP contribution in [0.4, 0.5) is 0 Å². The van der Waals surface area contributed by atoms with Crippen molar-refractivity contribution in [1.29, 1.82) is 0 Å². The summed E-state index contributed by atoms with van der Waals surface area (Å²) in [7, 11) is 0. The molecule has 0 aromatic heterocycles. The summed E-state index contributed by atoms with van der Waals surface area (Å²) in [6.07, 6.45) is 0.0694. The minimum atomic E-state index is -0.836. The van der Waals surface area contributed by atoms with Gasteiger partial charge in [0.1, 0.15) is 6.61 Å². The maximum Gasteiger partial charge on any atom is 0.331 e. The van der Waals surface area contributed by atoms with Crippen LogP contribution in [0.15, 0.2) is 0 Å². The fourth-order valence-electron chi connectivity index (χ4n) is 0.330. The van der Waals surface area contributed by atoms with Crippen molar-refractivity contribution in [3.63, 3.8) is 0 Å². The Labute approximate surface area is 76.3 Å². The Balaban J connectivity index is 0. The Morgan fingerprint density at radius 3 is 2.08 bits per heavy atom. The second kappa shape index (κ2) is 10.9. The maximum absolute atomic E-state index is 9.94. The average molecular weight is 193 g/mol. The van der Waals surface area contributed by atoms with Crippen LogP contribution in [0.2, 0.25) is 0 Å². The van der Waals surface area contributed by atoms with Crippen molar-refractivity contribution in [3.05, 3.63) is 0 Å². The van der Waals surface area contributed by atoms with Gasteiger partial charge in [0.15, 0.2) is 0 Å². The smallest absolute Gasteiger partial charge is 0.331 e. The first-order valence-electron chi connectivity index (χ1n) is 3.76. The van der Waals surface area contributed by atoms with Crippen molar-refractivity contribution < 1.29 is 24.5 Å². The molecule has 0 saturated heterocycles. The van der Waals surface area contributed by atoms with Crippen LogP contribution in [-0.2, 0) is 14.3 Å². The molecule has 0 bridgehead atoms. The summed E-state index contributed by atoms with van der Waals surface area (Å²) < 4.78 is 4.30. The lowest BCUT2D eigenvalue weighted by Gasteiger charge is -1.93. The Morgan fingerprint density at radius 2 is 2.00 bits per heavy atom. The monoisotopic (exact) mass is 193 g/mol. The largest absolute Gasteiger partial charge is 0.481 e. The van der Waals surface area contributed by atoms with Gasteiger partial charge in [0.25, 0.3) is 0 Å². The predicted molar refractivity (Wildman–Crippen MR) is 45.0 cm³/mol. The van der Waals surface area contributed by atoms with E-state index in [2.05, 4.69) is 4.74 Å². The first-order valence-corrected chi connectivity index (χ1v) is 3.76. The lowest BCUT2D eigenvalue weighted by Crippen LogP contribution is -2.07. The van der Waals surface area contributed by atoms with E-state index in [1.807, 2.05) is 0 Å². The molecule has 0 amide bonds. The van der Waals surface area contributed by atoms with E-state index in [9.17, 15) is 9.59 Å². The summed E-state index contributed by atoms with van der Waals surface area (Å²) in [5.41, 5.74) is 4.85. The third kappa shape index (κ3) is 18.1. The van der Waals surface area contributed by atoms with Gasteiger partial charge in [-0.1, -0.05) is 0 Å². The van der Waals surface area contributed by atoms with Crippen molar-refractivity contribution >= 4 is 11.9 Å². The van der Waals surface area contributed by atoms with E-state index < -0.39 is 18.5 Å². The number of aliphatic hydroxyl groups excluding tert-OH is 1. The lowest BCUT2D eigenvalue weighted by molar-refractivity contribution is -0.146. The predicted octanol–water partition coefficient (Wildman–Crippen LogP) is -1.04. The van der Waals surface area contributed by atoms with Crippen LogP contribution in [0.25, 0.3) is 0 Å². The third-order valence-corrected chi connectivity index (χ3v) is 0.793. The van der Waals surface area contributed by atoms with Gasteiger partial charge in [-0.25, -0.2) is 4.79 Å². The summed E-state index contributed by atoms with van der Waals surface area (Å²) in [6, 6.07) is 0. The molecule has 78 valence electrons. The first kappa shape index (κ1) is 14.4. The second-order valence-corrected chi connectivity index (χ2v) is 1.90. The normalized spacial score (nSPS) is 8.23. The molecular weight excluding hydrogens is 178 g/mol. The number of nitrogens with two attached hydrogens (primary N) is 1. The number of carboxylic acids is 1. The molecule has 13 heavy (non-hydrogen) atoms. The maximum atomic E-state index is 9.94. The highest BCUT2D eigenvalue weighted by molar-refractivity contribution is 5.70. The second-order valence-electron chi connectivity index (χ2n) is 1.90. The molecule has 0 aromatic rings. The van der Waals surface area contributed by atoms with Crippen LogP contribution in [-0.4, -0.2) is 41.9 Å². The summed E-state index contributed by atoms with van der Waals surface area (Å²) in [6.45, 7) is 1.73. The molecule has 6 heteroatoms. The molecule has 0 fully saturated rings. The van der Waals surface area contributed by atoms with Gasteiger partial charge in [0, 0.05) is 6.54 Å². The first-order chi connectivity index (χ1) is 6.08. The van der Waals surface area contributed by atoms with Crippen LogP contribution in [0.5, 0.6) is 0 Å². The number of hydrogen-bond acceptors (Lipinski definition) is 5. The van der Waals surface area contributed by atoms with Crippen LogP contribution >= 0.6 is 0 Å². The number of carbonyl (C=O) groups is 2. The Hall–Kier alpha value is -1.14. The van der Waals surface area contributed by atoms with E-state index in [1.54, 1.807) is 6.92 Å². The highest BCUT2D eigenvalue weighted by Crippen LogP contribution is 1.71. The zero-order chi connectivity index (χ0) is 10.7. The molecule has 0 rings (SSSR count). The number of ether oxygens (including phenoxy) is 1. The molecule has 0 aliphatic carbocycles. The van der Waals surface area contributed by atoms with Crippen LogP contribution < -0.4 is 5.73 Å². The number of hydrogen-bond donors (Lipinski definition) is 3. The Bertz CT molecular complexity index is 148. The standard InChI is InChI=1S/C4H8O3.C3H7NO2/c1-2-7-4(6)3-5;4-2-1-3(5)6/h5H,2-3H2,1H3;1-2,4H2,(H,5,6). The van der Waals surface area contributed by atoms with Crippen LogP contribution in [0.3, 0.4) is 0 Å². The third-order valence-electron chi connectivity index (χ3n) is 0.793. The van der Waals surface area contributed by atoms with Crippen molar-refractivity contribution in [2.75, 3.05) is 19.8 Å². The van der Waals surface area contributed by atoms with Crippen molar-refractivity contribution in [2.45, 2.75) is 13.3 Å². The van der Waals surface area contributed by atoms with E-state index in [0.717, 1.165) is 0 Å². The van der Waals surface area contributed by atoms with Gasteiger partial charge < -0.3 is 20.7 Å². The fourth-order valence-corrected chi connectivity index (χ4v) is 0.330. The van der Waals surface area contributed by atoms with E-state index in [4.69, 9.17) is 15.9 Å². The fraction of sp³-hybridized carbons (Fsp3) is 0.714. The molecule has 0 unspecified atom stereocenters. The van der Waals surface area contributed by atoms with Gasteiger partial charge in [-0.15, -0.1) is 0 Å². The summed E-state index contributed by atoms with van der Waals surface area (Å²) in [5, 5.41) is 15.8. The molecule has 0 aliphatic rings. The van der Waals surface area contributed by atoms with E-state index >= 15 is 0 Å². The van der Waals surface area contributed by atoms with Crippen molar-refractivity contribution in [3.8, 4) is 0 Å². The van der Waals surface area contributed by atoms with Gasteiger partial charge in [-0.05, 0) is 6.92 Å². The van der Waals surface area contributed by atoms with Crippen molar-refractivity contribution in [1.82, 2.24) is 0 Å². The van der Waals surface area contributed by atoms with Gasteiger partial charge in [-0.3, -0.25) is 4.79 Å². The van der Waals surface area contributed by atoms with Crippen LogP contribution in [0.1, 0.15) is 13.3 Å². The highest BCUT2D eigenvalue weighted by Gasteiger charge is 1.92. The number of aliphatic hydroxyl groups is 1. The number of rotatable bonds is 4. The molecule has 0 aliphatic heterocycles. The number of esters is 1. The summed E-state index contributed by atoms with van der Waals surface area (Å²) in [4.78, 5) is 19.5. The molecule has 0 saturated carbocycles. The minimum absolute atomic E-state index is 0.0694. The molecule has 4 N–H and O–H groups in total. The van der Waals surface area contributed by atoms with E-state index in [0.29, 0.717) is 6.61 Å². The summed E-state index contributed by atoms with van der Waals surface area (Å²) >= 11 is 0. The van der Waals surface area contributed by atoms with E-state index in [-0.39, 0.29) is 13.0 Å². The molecule has 0 atom stereocenters. The zero-order valence-corrected chi connectivity index (χ0v) is 7.52. The van der Waals surface area contributed by atoms with Gasteiger partial charge in [-0.2, -0.15) is 0 Å². The average Bonchev–Trinajstić information content (AvgIpc) is 2.05. The SMILES string of the molecule is CCOC(=O)CO.NCCC(=O)O. The van der Waals surface area contributed by atoms with Crippen molar-refractivity contribution in [2.24, 2.45) is 5.73 Å². The van der Waals surface area contributed by atoms with Crippen LogP contribution in [0, 0.1) is 0 Å². The molecule has 0 spiro atoms. The molecule has 0 radical (unpaired) electrons. The van der Waals surface area contributed by atoms with Gasteiger partial charge in [0.2, 0.25) is 0 Å². The number of carbonyl (C=O) groups excluding carboxylic acids is 1. The number of aliphatic carboxylic acids is 1. The highest BCUT2D eigenvalue weighted by atomic mass is 16.5. The Morgan fingerprint density at radius 1 is 1.46 bits per heavy atom. The quantitative estimate of drug-likeness (QED) is 0.492. The topological polar surface area (TPSA) is 110 Å². The minimum Gasteiger partial charge on any atom is -0.481 e. The zero-order valence-electron chi connectivity index (χ0n) is 7.52. The molecular formula is C7H15NO5. The molecule has 6 nitrogen and oxygen atoms in total.